The molecule has 0 bridgehead atoms. The standard InChI is InChI=1S/C17H24N2O2/c1-4-16(20)15(10-12(2)3)19-17(21)14(18)11-13-8-6-5-7-9-13/h4-9,12,14-15H,1,10-11,18H2,2-3H3,(H,19,21)/t14-,15?/m0/s1. The molecular formula is C17H24N2O2. The van der Waals surface area contributed by atoms with Crippen LogP contribution < -0.4 is 11.1 Å². The molecule has 4 nitrogen and oxygen atoms in total. The van der Waals surface area contributed by atoms with Gasteiger partial charge in [-0.05, 0) is 30.4 Å². The van der Waals surface area contributed by atoms with Gasteiger partial charge in [-0.15, -0.1) is 0 Å². The van der Waals surface area contributed by atoms with Crippen molar-refractivity contribution in [3.8, 4) is 0 Å². The largest absolute Gasteiger partial charge is 0.345 e. The van der Waals surface area contributed by atoms with Crippen LogP contribution in [0.5, 0.6) is 0 Å². The SMILES string of the molecule is C=CC(=O)C(CC(C)C)NC(=O)[C@@H](N)Cc1ccccc1. The monoisotopic (exact) mass is 288 g/mol. The Kier molecular flexibility index (Phi) is 6.82. The van der Waals surface area contributed by atoms with Crippen molar-refractivity contribution < 1.29 is 9.59 Å². The van der Waals surface area contributed by atoms with Crippen LogP contribution in [0.15, 0.2) is 43.0 Å². The molecule has 0 aromatic heterocycles. The summed E-state index contributed by atoms with van der Waals surface area (Å²) < 4.78 is 0. The molecule has 21 heavy (non-hydrogen) atoms. The molecule has 2 atom stereocenters. The fourth-order valence-electron chi connectivity index (χ4n) is 2.10. The van der Waals surface area contributed by atoms with E-state index in [1.54, 1.807) is 0 Å². The second kappa shape index (κ2) is 8.37. The van der Waals surface area contributed by atoms with Crippen LogP contribution in [0, 0.1) is 5.92 Å². The highest BCUT2D eigenvalue weighted by molar-refractivity contribution is 5.97. The van der Waals surface area contributed by atoms with Gasteiger partial charge < -0.3 is 11.1 Å². The number of amides is 1. The Morgan fingerprint density at radius 3 is 2.43 bits per heavy atom. The maximum atomic E-state index is 12.1. The summed E-state index contributed by atoms with van der Waals surface area (Å²) in [5, 5.41) is 2.73. The second-order valence-corrected chi connectivity index (χ2v) is 5.59. The van der Waals surface area contributed by atoms with E-state index >= 15 is 0 Å². The van der Waals surface area contributed by atoms with Crippen molar-refractivity contribution >= 4 is 11.7 Å². The lowest BCUT2D eigenvalue weighted by molar-refractivity contribution is -0.127. The molecule has 0 aliphatic carbocycles. The van der Waals surface area contributed by atoms with Crippen LogP contribution in [0.3, 0.4) is 0 Å². The zero-order valence-electron chi connectivity index (χ0n) is 12.7. The van der Waals surface area contributed by atoms with Gasteiger partial charge in [0.05, 0.1) is 12.1 Å². The van der Waals surface area contributed by atoms with E-state index < -0.39 is 12.1 Å². The minimum Gasteiger partial charge on any atom is -0.345 e. The van der Waals surface area contributed by atoms with Gasteiger partial charge in [0, 0.05) is 0 Å². The molecule has 0 saturated heterocycles. The maximum Gasteiger partial charge on any atom is 0.237 e. The van der Waals surface area contributed by atoms with E-state index in [1.807, 2.05) is 44.2 Å². The smallest absolute Gasteiger partial charge is 0.237 e. The molecule has 1 aromatic carbocycles. The number of hydrogen-bond acceptors (Lipinski definition) is 3. The van der Waals surface area contributed by atoms with Gasteiger partial charge in [0.2, 0.25) is 5.91 Å². The Morgan fingerprint density at radius 2 is 1.90 bits per heavy atom. The zero-order valence-corrected chi connectivity index (χ0v) is 12.7. The summed E-state index contributed by atoms with van der Waals surface area (Å²) in [6, 6.07) is 8.36. The van der Waals surface area contributed by atoms with Crippen molar-refractivity contribution in [1.29, 1.82) is 0 Å². The number of benzene rings is 1. The molecule has 1 aromatic rings. The lowest BCUT2D eigenvalue weighted by atomic mass is 9.99. The molecule has 1 rings (SSSR count). The summed E-state index contributed by atoms with van der Waals surface area (Å²) in [5.74, 6) is -0.187. The van der Waals surface area contributed by atoms with Crippen LogP contribution in [0.2, 0.25) is 0 Å². The predicted molar refractivity (Wildman–Crippen MR) is 84.7 cm³/mol. The highest BCUT2D eigenvalue weighted by Gasteiger charge is 2.22. The third-order valence-electron chi connectivity index (χ3n) is 3.20. The van der Waals surface area contributed by atoms with Gasteiger partial charge in [0.15, 0.2) is 5.78 Å². The fraction of sp³-hybridized carbons (Fsp3) is 0.412. The first kappa shape index (κ1) is 17.1. The molecule has 0 fully saturated rings. The average Bonchev–Trinajstić information content (AvgIpc) is 2.46. The molecule has 0 heterocycles. The van der Waals surface area contributed by atoms with E-state index in [-0.39, 0.29) is 11.7 Å². The number of nitrogens with two attached hydrogens (primary N) is 1. The molecule has 0 spiro atoms. The lowest BCUT2D eigenvalue weighted by Crippen LogP contribution is -2.49. The number of ketones is 1. The number of rotatable bonds is 8. The van der Waals surface area contributed by atoms with Gasteiger partial charge >= 0.3 is 0 Å². The van der Waals surface area contributed by atoms with E-state index in [4.69, 9.17) is 5.73 Å². The van der Waals surface area contributed by atoms with E-state index in [9.17, 15) is 9.59 Å². The summed E-state index contributed by atoms with van der Waals surface area (Å²) in [5.41, 5.74) is 6.92. The summed E-state index contributed by atoms with van der Waals surface area (Å²) in [6.45, 7) is 7.48. The van der Waals surface area contributed by atoms with Crippen LogP contribution in [-0.4, -0.2) is 23.8 Å². The number of carbonyl (C=O) groups is 2. The lowest BCUT2D eigenvalue weighted by Gasteiger charge is -2.20. The van der Waals surface area contributed by atoms with Crippen molar-refractivity contribution in [2.75, 3.05) is 0 Å². The first-order valence-electron chi connectivity index (χ1n) is 7.20. The van der Waals surface area contributed by atoms with Crippen molar-refractivity contribution in [1.82, 2.24) is 5.32 Å². The van der Waals surface area contributed by atoms with Crippen molar-refractivity contribution in [3.05, 3.63) is 48.6 Å². The van der Waals surface area contributed by atoms with Crippen molar-refractivity contribution in [2.45, 2.75) is 38.8 Å². The van der Waals surface area contributed by atoms with Gasteiger partial charge in [-0.1, -0.05) is 50.8 Å². The Bertz CT molecular complexity index is 483. The van der Waals surface area contributed by atoms with Crippen molar-refractivity contribution in [3.63, 3.8) is 0 Å². The molecule has 0 aliphatic heterocycles. The molecule has 0 radical (unpaired) electrons. The summed E-state index contributed by atoms with van der Waals surface area (Å²) in [4.78, 5) is 23.9. The maximum absolute atomic E-state index is 12.1. The summed E-state index contributed by atoms with van der Waals surface area (Å²) in [6.07, 6.45) is 2.27. The predicted octanol–water partition coefficient (Wildman–Crippen LogP) is 1.84. The van der Waals surface area contributed by atoms with Gasteiger partial charge in [-0.3, -0.25) is 9.59 Å². The van der Waals surface area contributed by atoms with Crippen LogP contribution in [-0.2, 0) is 16.0 Å². The third kappa shape index (κ3) is 5.92. The molecular weight excluding hydrogens is 264 g/mol. The average molecular weight is 288 g/mol. The van der Waals surface area contributed by atoms with Crippen molar-refractivity contribution in [2.24, 2.45) is 11.7 Å². The minimum atomic E-state index is -0.667. The van der Waals surface area contributed by atoms with Gasteiger partial charge in [0.1, 0.15) is 0 Å². The Labute approximate surface area is 126 Å². The minimum absolute atomic E-state index is 0.177. The van der Waals surface area contributed by atoms with Crippen LogP contribution in [0.25, 0.3) is 0 Å². The highest BCUT2D eigenvalue weighted by Crippen LogP contribution is 2.07. The van der Waals surface area contributed by atoms with Gasteiger partial charge in [0.25, 0.3) is 0 Å². The molecule has 114 valence electrons. The Balaban J connectivity index is 2.63. The topological polar surface area (TPSA) is 72.2 Å². The normalized spacial score (nSPS) is 13.5. The highest BCUT2D eigenvalue weighted by atomic mass is 16.2. The first-order valence-corrected chi connectivity index (χ1v) is 7.20. The number of hydrogen-bond donors (Lipinski definition) is 2. The van der Waals surface area contributed by atoms with Crippen LogP contribution in [0.1, 0.15) is 25.8 Å². The van der Waals surface area contributed by atoms with E-state index in [0.717, 1.165) is 5.56 Å². The third-order valence-corrected chi connectivity index (χ3v) is 3.20. The van der Waals surface area contributed by atoms with Gasteiger partial charge in [-0.2, -0.15) is 0 Å². The van der Waals surface area contributed by atoms with Crippen LogP contribution >= 0.6 is 0 Å². The summed E-state index contributed by atoms with van der Waals surface area (Å²) in [7, 11) is 0. The Morgan fingerprint density at radius 1 is 1.29 bits per heavy atom. The molecule has 4 heteroatoms. The Hall–Kier alpha value is -1.94. The quantitative estimate of drug-likeness (QED) is 0.717. The van der Waals surface area contributed by atoms with E-state index in [1.165, 1.54) is 6.08 Å². The fourth-order valence-corrected chi connectivity index (χ4v) is 2.10. The number of nitrogens with one attached hydrogen (secondary N) is 1. The van der Waals surface area contributed by atoms with E-state index in [0.29, 0.717) is 18.8 Å². The summed E-state index contributed by atoms with van der Waals surface area (Å²) >= 11 is 0. The molecule has 1 unspecified atom stereocenters. The van der Waals surface area contributed by atoms with Gasteiger partial charge in [-0.25, -0.2) is 0 Å². The molecule has 1 amide bonds. The molecule has 0 saturated carbocycles. The second-order valence-electron chi connectivity index (χ2n) is 5.59. The zero-order chi connectivity index (χ0) is 15.8. The number of carbonyl (C=O) groups excluding carboxylic acids is 2. The van der Waals surface area contributed by atoms with E-state index in [2.05, 4.69) is 11.9 Å². The first-order chi connectivity index (χ1) is 9.93. The molecule has 3 N–H and O–H groups in total. The van der Waals surface area contributed by atoms with Crippen LogP contribution in [0.4, 0.5) is 0 Å². The molecule has 0 aliphatic rings.